The van der Waals surface area contributed by atoms with Gasteiger partial charge in [0.15, 0.2) is 0 Å². The summed E-state index contributed by atoms with van der Waals surface area (Å²) in [6.45, 7) is 1.44. The molecule has 3 rings (SSSR count). The van der Waals surface area contributed by atoms with Crippen molar-refractivity contribution in [1.29, 1.82) is 0 Å². The number of hydrogen-bond acceptors (Lipinski definition) is 6. The van der Waals surface area contributed by atoms with Crippen LogP contribution in [0.1, 0.15) is 10.4 Å². The van der Waals surface area contributed by atoms with E-state index in [0.717, 1.165) is 6.07 Å². The smallest absolute Gasteiger partial charge is 0.324 e. The van der Waals surface area contributed by atoms with Gasteiger partial charge in [-0.2, -0.15) is 0 Å². The molecule has 0 radical (unpaired) electrons. The van der Waals surface area contributed by atoms with Gasteiger partial charge in [0.1, 0.15) is 17.8 Å². The van der Waals surface area contributed by atoms with Crippen LogP contribution in [0.4, 0.5) is 20.7 Å². The molecule has 146 valence electrons. The molecule has 2 aromatic rings. The zero-order valence-corrected chi connectivity index (χ0v) is 15.2. The minimum Gasteiger partial charge on any atom is -0.353 e. The molecule has 0 unspecified atom stereocenters. The van der Waals surface area contributed by atoms with Crippen LogP contribution in [0.25, 0.3) is 0 Å². The lowest BCUT2D eigenvalue weighted by Crippen LogP contribution is -2.53. The fourth-order valence-electron chi connectivity index (χ4n) is 2.77. The summed E-state index contributed by atoms with van der Waals surface area (Å²) < 4.78 is 13.8. The van der Waals surface area contributed by atoms with E-state index >= 15 is 0 Å². The second kappa shape index (κ2) is 8.17. The number of benzene rings is 1. The van der Waals surface area contributed by atoms with Crippen molar-refractivity contribution in [3.8, 4) is 0 Å². The van der Waals surface area contributed by atoms with Gasteiger partial charge in [0.25, 0.3) is 11.6 Å². The Hall–Kier alpha value is -3.27. The molecule has 2 heterocycles. The minimum atomic E-state index is -0.910. The third-order valence-corrected chi connectivity index (χ3v) is 4.56. The molecular formula is C17H15ClFN5O4. The van der Waals surface area contributed by atoms with Gasteiger partial charge in [-0.15, -0.1) is 0 Å². The summed E-state index contributed by atoms with van der Waals surface area (Å²) in [5.74, 6) is -1.17. The number of carbonyl (C=O) groups excluding carboxylic acids is 2. The first-order chi connectivity index (χ1) is 13.4. The third kappa shape index (κ3) is 4.17. The molecule has 1 fully saturated rings. The van der Waals surface area contributed by atoms with Crippen molar-refractivity contribution in [2.45, 2.75) is 0 Å². The minimum absolute atomic E-state index is 0.0839. The molecule has 1 aromatic heterocycles. The highest BCUT2D eigenvalue weighted by atomic mass is 35.5. The van der Waals surface area contributed by atoms with Crippen molar-refractivity contribution < 1.29 is 18.9 Å². The predicted octanol–water partition coefficient (Wildman–Crippen LogP) is 2.45. The van der Waals surface area contributed by atoms with E-state index in [2.05, 4.69) is 10.3 Å². The summed E-state index contributed by atoms with van der Waals surface area (Å²) in [5, 5.41) is 12.7. The van der Waals surface area contributed by atoms with Gasteiger partial charge in [-0.05, 0) is 18.2 Å². The Labute approximate surface area is 163 Å². The van der Waals surface area contributed by atoms with Crippen LogP contribution < -0.4 is 10.2 Å². The molecule has 0 aliphatic carbocycles. The van der Waals surface area contributed by atoms with E-state index in [9.17, 15) is 24.1 Å². The van der Waals surface area contributed by atoms with E-state index in [0.29, 0.717) is 32.0 Å². The highest BCUT2D eigenvalue weighted by molar-refractivity contribution is 6.34. The average Bonchev–Trinajstić information content (AvgIpc) is 2.68. The van der Waals surface area contributed by atoms with Crippen molar-refractivity contribution in [2.24, 2.45) is 0 Å². The van der Waals surface area contributed by atoms with Gasteiger partial charge in [0, 0.05) is 32.2 Å². The third-order valence-electron chi connectivity index (χ3n) is 4.24. The monoisotopic (exact) mass is 407 g/mol. The highest BCUT2D eigenvalue weighted by Crippen LogP contribution is 2.19. The number of hydrogen-bond donors (Lipinski definition) is 1. The molecule has 11 heteroatoms. The highest BCUT2D eigenvalue weighted by Gasteiger charge is 2.25. The first-order valence-corrected chi connectivity index (χ1v) is 8.64. The van der Waals surface area contributed by atoms with E-state index in [1.54, 1.807) is 0 Å². The Morgan fingerprint density at radius 3 is 2.46 bits per heavy atom. The zero-order chi connectivity index (χ0) is 20.3. The number of urea groups is 1. The number of halogens is 2. The van der Waals surface area contributed by atoms with Crippen LogP contribution in [-0.4, -0.2) is 52.9 Å². The van der Waals surface area contributed by atoms with Gasteiger partial charge in [-0.1, -0.05) is 17.7 Å². The zero-order valence-electron chi connectivity index (χ0n) is 14.5. The second-order valence-corrected chi connectivity index (χ2v) is 6.37. The van der Waals surface area contributed by atoms with Gasteiger partial charge in [0.2, 0.25) is 0 Å². The van der Waals surface area contributed by atoms with Crippen LogP contribution in [-0.2, 0) is 0 Å². The van der Waals surface area contributed by atoms with Gasteiger partial charge in [-0.25, -0.2) is 14.2 Å². The Morgan fingerprint density at radius 2 is 1.89 bits per heavy atom. The Balaban J connectivity index is 1.58. The first-order valence-electron chi connectivity index (χ1n) is 8.26. The fraction of sp³-hybridized carbons (Fsp3) is 0.235. The Kier molecular flexibility index (Phi) is 5.69. The molecule has 9 nitrogen and oxygen atoms in total. The number of amides is 3. The molecule has 1 N–H and O–H groups in total. The number of nitrogens with one attached hydrogen (secondary N) is 1. The van der Waals surface area contributed by atoms with E-state index < -0.39 is 22.7 Å². The van der Waals surface area contributed by atoms with Crippen molar-refractivity contribution in [3.05, 3.63) is 63.0 Å². The number of nitro groups is 1. The van der Waals surface area contributed by atoms with Crippen LogP contribution in [0.5, 0.6) is 0 Å². The summed E-state index contributed by atoms with van der Waals surface area (Å²) in [5.41, 5.74) is -0.488. The molecule has 28 heavy (non-hydrogen) atoms. The van der Waals surface area contributed by atoms with Crippen LogP contribution in [0.15, 0.2) is 36.5 Å². The largest absolute Gasteiger partial charge is 0.353 e. The van der Waals surface area contributed by atoms with E-state index in [-0.39, 0.29) is 16.3 Å². The first kappa shape index (κ1) is 19.5. The summed E-state index contributed by atoms with van der Waals surface area (Å²) in [6, 6.07) is 6.05. The maximum atomic E-state index is 13.8. The summed E-state index contributed by atoms with van der Waals surface area (Å²) >= 11 is 5.83. The molecule has 0 saturated carbocycles. The number of rotatable bonds is 3. The fourth-order valence-corrected chi connectivity index (χ4v) is 3.01. The molecule has 1 aliphatic heterocycles. The Morgan fingerprint density at radius 1 is 1.18 bits per heavy atom. The number of piperazine rings is 1. The maximum absolute atomic E-state index is 13.8. The standard InChI is InChI=1S/C17H15ClFN5O4/c18-12-2-1-3-13(19)15(12)16(25)21-17(26)23-8-6-22(7-9-23)14-5-4-11(10-20-14)24(27)28/h1-5,10H,6-9H2,(H,21,25,26). The van der Waals surface area contributed by atoms with Crippen LogP contribution in [0, 0.1) is 15.9 Å². The number of carbonyl (C=O) groups is 2. The van der Waals surface area contributed by atoms with Gasteiger partial charge < -0.3 is 9.80 Å². The van der Waals surface area contributed by atoms with Crippen molar-refractivity contribution in [1.82, 2.24) is 15.2 Å². The average molecular weight is 408 g/mol. The topological polar surface area (TPSA) is 109 Å². The predicted molar refractivity (Wildman–Crippen MR) is 98.9 cm³/mol. The van der Waals surface area contributed by atoms with Crippen LogP contribution >= 0.6 is 11.6 Å². The molecule has 0 bridgehead atoms. The summed E-state index contributed by atoms with van der Waals surface area (Å²) in [7, 11) is 0. The Bertz CT molecular complexity index is 896. The number of anilines is 1. The molecule has 1 aromatic carbocycles. The molecule has 0 atom stereocenters. The number of aromatic nitrogens is 1. The molecular weight excluding hydrogens is 393 g/mol. The van der Waals surface area contributed by atoms with Gasteiger partial charge in [-0.3, -0.25) is 20.2 Å². The number of nitrogens with zero attached hydrogens (tertiary/aromatic N) is 4. The van der Waals surface area contributed by atoms with Crippen molar-refractivity contribution in [2.75, 3.05) is 31.1 Å². The molecule has 0 spiro atoms. The normalized spacial score (nSPS) is 13.9. The molecule has 1 aliphatic rings. The van der Waals surface area contributed by atoms with Crippen molar-refractivity contribution in [3.63, 3.8) is 0 Å². The lowest BCUT2D eigenvalue weighted by molar-refractivity contribution is -0.385. The van der Waals surface area contributed by atoms with E-state index in [4.69, 9.17) is 11.6 Å². The SMILES string of the molecule is O=C(NC(=O)N1CCN(c2ccc([N+](=O)[O-])cn2)CC1)c1c(F)cccc1Cl. The molecule has 3 amide bonds. The van der Waals surface area contributed by atoms with Crippen LogP contribution in [0.3, 0.4) is 0 Å². The number of imide groups is 1. The van der Waals surface area contributed by atoms with E-state index in [1.165, 1.54) is 35.4 Å². The second-order valence-electron chi connectivity index (χ2n) is 5.96. The number of pyridine rings is 1. The van der Waals surface area contributed by atoms with E-state index in [1.807, 2.05) is 4.90 Å². The van der Waals surface area contributed by atoms with Gasteiger partial charge in [0.05, 0.1) is 15.5 Å². The van der Waals surface area contributed by atoms with Crippen molar-refractivity contribution >= 4 is 35.0 Å². The lowest BCUT2D eigenvalue weighted by atomic mass is 10.2. The molecule has 1 saturated heterocycles. The lowest BCUT2D eigenvalue weighted by Gasteiger charge is -2.35. The quantitative estimate of drug-likeness (QED) is 0.618. The van der Waals surface area contributed by atoms with Crippen LogP contribution in [0.2, 0.25) is 5.02 Å². The summed E-state index contributed by atoms with van der Waals surface area (Å²) in [4.78, 5) is 41.9. The van der Waals surface area contributed by atoms with Gasteiger partial charge >= 0.3 is 6.03 Å². The maximum Gasteiger partial charge on any atom is 0.324 e. The summed E-state index contributed by atoms with van der Waals surface area (Å²) in [6.07, 6.45) is 1.17.